The molecule has 0 aromatic heterocycles. The molecule has 2 fully saturated rings. The quantitative estimate of drug-likeness (QED) is 0.769. The summed E-state index contributed by atoms with van der Waals surface area (Å²) < 4.78 is 0. The summed E-state index contributed by atoms with van der Waals surface area (Å²) in [6.45, 7) is 10.5. The molecule has 0 aliphatic heterocycles. The van der Waals surface area contributed by atoms with Gasteiger partial charge in [-0.3, -0.25) is 0 Å². The van der Waals surface area contributed by atoms with Crippen molar-refractivity contribution >= 4 is 0 Å². The van der Waals surface area contributed by atoms with E-state index >= 15 is 0 Å². The minimum atomic E-state index is 0.292. The largest absolute Gasteiger partial charge is 0.312 e. The van der Waals surface area contributed by atoms with E-state index in [2.05, 4.69) is 33.0 Å². The molecule has 106 valence electrons. The average molecular weight is 251 g/mol. The van der Waals surface area contributed by atoms with Gasteiger partial charge in [0.15, 0.2) is 0 Å². The van der Waals surface area contributed by atoms with E-state index in [-0.39, 0.29) is 0 Å². The van der Waals surface area contributed by atoms with Gasteiger partial charge in [0.05, 0.1) is 0 Å². The Hall–Kier alpha value is -0.0400. The molecule has 2 unspecified atom stereocenters. The van der Waals surface area contributed by atoms with Crippen LogP contribution in [-0.2, 0) is 0 Å². The van der Waals surface area contributed by atoms with Gasteiger partial charge in [-0.15, -0.1) is 0 Å². The van der Waals surface area contributed by atoms with Crippen LogP contribution in [0.1, 0.15) is 72.6 Å². The summed E-state index contributed by atoms with van der Waals surface area (Å²) in [5.41, 5.74) is 0.292. The normalized spacial score (nSPS) is 37.3. The first kappa shape index (κ1) is 14.4. The van der Waals surface area contributed by atoms with Gasteiger partial charge in [-0.1, -0.05) is 26.2 Å². The van der Waals surface area contributed by atoms with Crippen LogP contribution in [0.3, 0.4) is 0 Å². The Labute approximate surface area is 114 Å². The minimum Gasteiger partial charge on any atom is -0.312 e. The Bertz CT molecular complexity index is 245. The summed E-state index contributed by atoms with van der Waals surface area (Å²) >= 11 is 0. The van der Waals surface area contributed by atoms with E-state index in [1.165, 1.54) is 51.5 Å². The second kappa shape index (κ2) is 5.94. The van der Waals surface area contributed by atoms with Gasteiger partial charge in [0.1, 0.15) is 0 Å². The topological polar surface area (TPSA) is 12.0 Å². The molecule has 0 spiro atoms. The zero-order chi connectivity index (χ0) is 13.2. The highest BCUT2D eigenvalue weighted by atomic mass is 14.9. The fourth-order valence-electron chi connectivity index (χ4n) is 3.93. The maximum atomic E-state index is 3.71. The predicted molar refractivity (Wildman–Crippen MR) is 79.7 cm³/mol. The van der Waals surface area contributed by atoms with Gasteiger partial charge in [0.2, 0.25) is 0 Å². The van der Waals surface area contributed by atoms with Crippen molar-refractivity contribution in [3.8, 4) is 0 Å². The molecule has 2 rings (SSSR count). The van der Waals surface area contributed by atoms with Crippen molar-refractivity contribution in [2.24, 2.45) is 23.7 Å². The van der Waals surface area contributed by atoms with Crippen LogP contribution in [0, 0.1) is 23.7 Å². The summed E-state index contributed by atoms with van der Waals surface area (Å²) in [7, 11) is 0. The lowest BCUT2D eigenvalue weighted by molar-refractivity contribution is 0.0630. The third kappa shape index (κ3) is 3.73. The number of nitrogens with one attached hydrogen (secondary N) is 1. The van der Waals surface area contributed by atoms with Crippen molar-refractivity contribution in [1.82, 2.24) is 5.32 Å². The number of rotatable bonds is 4. The van der Waals surface area contributed by atoms with Gasteiger partial charge < -0.3 is 5.32 Å². The van der Waals surface area contributed by atoms with Crippen molar-refractivity contribution in [3.63, 3.8) is 0 Å². The van der Waals surface area contributed by atoms with Gasteiger partial charge >= 0.3 is 0 Å². The van der Waals surface area contributed by atoms with Crippen LogP contribution in [0.25, 0.3) is 0 Å². The second-order valence-electron chi connectivity index (χ2n) is 7.82. The molecule has 2 aliphatic carbocycles. The predicted octanol–water partition coefficient (Wildman–Crippen LogP) is 4.62. The number of hydrogen-bond donors (Lipinski definition) is 1. The highest BCUT2D eigenvalue weighted by Gasteiger charge is 2.38. The van der Waals surface area contributed by atoms with Gasteiger partial charge in [0, 0.05) is 5.54 Å². The van der Waals surface area contributed by atoms with Crippen LogP contribution in [0.4, 0.5) is 0 Å². The summed E-state index contributed by atoms with van der Waals surface area (Å²) in [5, 5.41) is 3.71. The maximum Gasteiger partial charge on any atom is 0.00966 e. The van der Waals surface area contributed by atoms with Crippen LogP contribution in [0.5, 0.6) is 0 Å². The molecule has 0 bridgehead atoms. The molecule has 2 aliphatic rings. The molecular formula is C17H33N. The lowest BCUT2D eigenvalue weighted by Crippen LogP contribution is -2.45. The average Bonchev–Trinajstić information content (AvgIpc) is 2.27. The van der Waals surface area contributed by atoms with E-state index in [0.717, 1.165) is 23.7 Å². The molecular weight excluding hydrogens is 218 g/mol. The Kier molecular flexibility index (Phi) is 4.75. The van der Waals surface area contributed by atoms with Gasteiger partial charge in [-0.25, -0.2) is 0 Å². The summed E-state index contributed by atoms with van der Waals surface area (Å²) in [6.07, 6.45) is 10.5. The molecule has 0 radical (unpaired) electrons. The maximum absolute atomic E-state index is 3.71. The van der Waals surface area contributed by atoms with Crippen LogP contribution >= 0.6 is 0 Å². The smallest absolute Gasteiger partial charge is 0.00966 e. The van der Waals surface area contributed by atoms with E-state index < -0.39 is 0 Å². The Morgan fingerprint density at radius 2 is 1.61 bits per heavy atom. The van der Waals surface area contributed by atoms with Crippen molar-refractivity contribution in [2.75, 3.05) is 6.54 Å². The third-order valence-electron chi connectivity index (χ3n) is 5.45. The van der Waals surface area contributed by atoms with Crippen molar-refractivity contribution in [3.05, 3.63) is 0 Å². The third-order valence-corrected chi connectivity index (χ3v) is 5.45. The second-order valence-corrected chi connectivity index (χ2v) is 7.82. The van der Waals surface area contributed by atoms with E-state index in [9.17, 15) is 0 Å². The first-order chi connectivity index (χ1) is 8.49. The minimum absolute atomic E-state index is 0.292. The highest BCUT2D eigenvalue weighted by molar-refractivity contribution is 4.90. The molecule has 0 saturated heterocycles. The van der Waals surface area contributed by atoms with E-state index in [1.54, 1.807) is 0 Å². The van der Waals surface area contributed by atoms with Crippen LogP contribution in [0.2, 0.25) is 0 Å². The van der Waals surface area contributed by atoms with Gasteiger partial charge in [-0.2, -0.15) is 0 Å². The standard InChI is InChI=1S/C17H33N/c1-5-13-6-8-14(9-7-13)16-11-10-15(16)12-18-17(2,3)4/h13-16,18H,5-12H2,1-4H3. The van der Waals surface area contributed by atoms with E-state index in [0.29, 0.717) is 5.54 Å². The van der Waals surface area contributed by atoms with Gasteiger partial charge in [-0.05, 0) is 76.7 Å². The molecule has 0 heterocycles. The van der Waals surface area contributed by atoms with E-state index in [4.69, 9.17) is 0 Å². The van der Waals surface area contributed by atoms with E-state index in [1.807, 2.05) is 0 Å². The summed E-state index contributed by atoms with van der Waals surface area (Å²) in [4.78, 5) is 0. The number of hydrogen-bond acceptors (Lipinski definition) is 1. The monoisotopic (exact) mass is 251 g/mol. The van der Waals surface area contributed by atoms with Crippen molar-refractivity contribution in [1.29, 1.82) is 0 Å². The van der Waals surface area contributed by atoms with Gasteiger partial charge in [0.25, 0.3) is 0 Å². The van der Waals surface area contributed by atoms with Crippen LogP contribution in [-0.4, -0.2) is 12.1 Å². The van der Waals surface area contributed by atoms with Crippen LogP contribution in [0.15, 0.2) is 0 Å². The molecule has 0 aromatic rings. The molecule has 2 atom stereocenters. The molecule has 1 nitrogen and oxygen atoms in total. The molecule has 1 heteroatoms. The molecule has 1 N–H and O–H groups in total. The lowest BCUT2D eigenvalue weighted by Gasteiger charge is -2.45. The fraction of sp³-hybridized carbons (Fsp3) is 1.00. The summed E-state index contributed by atoms with van der Waals surface area (Å²) in [6, 6.07) is 0. The first-order valence-electron chi connectivity index (χ1n) is 8.24. The Morgan fingerprint density at radius 3 is 2.06 bits per heavy atom. The summed E-state index contributed by atoms with van der Waals surface area (Å²) in [5.74, 6) is 4.14. The fourth-order valence-corrected chi connectivity index (χ4v) is 3.93. The zero-order valence-corrected chi connectivity index (χ0v) is 13.0. The Balaban J connectivity index is 1.73. The molecule has 0 amide bonds. The van der Waals surface area contributed by atoms with Crippen LogP contribution < -0.4 is 5.32 Å². The van der Waals surface area contributed by atoms with Crippen molar-refractivity contribution in [2.45, 2.75) is 78.2 Å². The lowest BCUT2D eigenvalue weighted by atomic mass is 9.62. The Morgan fingerprint density at radius 1 is 0.944 bits per heavy atom. The zero-order valence-electron chi connectivity index (χ0n) is 13.0. The van der Waals surface area contributed by atoms with Crippen molar-refractivity contribution < 1.29 is 0 Å². The first-order valence-corrected chi connectivity index (χ1v) is 8.24. The molecule has 18 heavy (non-hydrogen) atoms. The highest BCUT2D eigenvalue weighted by Crippen LogP contribution is 2.46. The SMILES string of the molecule is CCC1CCC(C2CCC2CNC(C)(C)C)CC1. The molecule has 0 aromatic carbocycles. The molecule has 2 saturated carbocycles.